The number of nitrogens with zero attached hydrogens (tertiary/aromatic N) is 3. The number of anilines is 1. The van der Waals surface area contributed by atoms with Crippen molar-refractivity contribution in [2.75, 3.05) is 31.5 Å². The summed E-state index contributed by atoms with van der Waals surface area (Å²) in [7, 11) is 0. The van der Waals surface area contributed by atoms with Crippen LogP contribution >= 0.6 is 0 Å². The Morgan fingerprint density at radius 2 is 1.64 bits per heavy atom. The first-order chi connectivity index (χ1) is 21.2. The third kappa shape index (κ3) is 6.17. The average Bonchev–Trinajstić information content (AvgIpc) is 3.48. The van der Waals surface area contributed by atoms with Crippen LogP contribution in [-0.4, -0.2) is 59.9 Å². The van der Waals surface area contributed by atoms with Gasteiger partial charge in [0.25, 0.3) is 5.91 Å². The van der Waals surface area contributed by atoms with Crippen LogP contribution in [0.1, 0.15) is 70.8 Å². The second kappa shape index (κ2) is 12.2. The number of nitrogens with one attached hydrogen (secondary N) is 1. The Morgan fingerprint density at radius 3 is 2.27 bits per heavy atom. The lowest BCUT2D eigenvalue weighted by Crippen LogP contribution is -2.62. The molecular formula is C36H47N5O3. The van der Waals surface area contributed by atoms with Crippen LogP contribution in [0.25, 0.3) is 0 Å². The summed E-state index contributed by atoms with van der Waals surface area (Å²) >= 11 is 0. The summed E-state index contributed by atoms with van der Waals surface area (Å²) in [6, 6.07) is 18.0. The van der Waals surface area contributed by atoms with Crippen LogP contribution in [0.15, 0.2) is 71.4 Å². The first-order valence-corrected chi connectivity index (χ1v) is 16.1. The Kier molecular flexibility index (Phi) is 8.36. The smallest absolute Gasteiger partial charge is 0.256 e. The van der Waals surface area contributed by atoms with Crippen LogP contribution in [-0.2, 0) is 20.9 Å². The van der Waals surface area contributed by atoms with E-state index in [1.807, 2.05) is 52.3 Å². The van der Waals surface area contributed by atoms with Crippen LogP contribution in [0.2, 0.25) is 0 Å². The van der Waals surface area contributed by atoms with E-state index in [0.29, 0.717) is 38.3 Å². The van der Waals surface area contributed by atoms with E-state index in [9.17, 15) is 14.4 Å². The lowest BCUT2D eigenvalue weighted by atomic mass is 9.68. The molecule has 8 heteroatoms. The Balaban J connectivity index is 0.00000400. The molecule has 4 aliphatic rings. The molecule has 44 heavy (non-hydrogen) atoms. The maximum Gasteiger partial charge on any atom is 0.256 e. The summed E-state index contributed by atoms with van der Waals surface area (Å²) in [5.41, 5.74) is 9.12. The molecule has 2 atom stereocenters. The van der Waals surface area contributed by atoms with Gasteiger partial charge in [-0.25, -0.2) is 0 Å². The number of rotatable bonds is 8. The lowest BCUT2D eigenvalue weighted by molar-refractivity contribution is -0.146. The van der Waals surface area contributed by atoms with Gasteiger partial charge in [-0.1, -0.05) is 75.6 Å². The zero-order chi connectivity index (χ0) is 30.9. The number of nitrogens with two attached hydrogens (primary N) is 1. The standard InChI is InChI=1S/C36H45N5O3.H2/c1-35(2)17-30(35)34(44)41-23-36(24-41)22-40(33(43)28(18-37)20-38-19-25-9-5-3-6-10-25)21-31(36)26-13-15-29(16-14-26)39-32(42)27-11-7-4-8-12-27;/h3,5-6,9-10,13-16,18,20,27,30-31H,4,7-8,11-12,17,19,21-24,37H2,1-2H3,(H,39,42);1H/b28-18+,38-20?;/t30-,31?;/m1./s1. The monoisotopic (exact) mass is 597 g/mol. The van der Waals surface area contributed by atoms with Crippen molar-refractivity contribution in [1.29, 1.82) is 0 Å². The van der Waals surface area contributed by atoms with Crippen molar-refractivity contribution >= 4 is 29.6 Å². The molecule has 8 nitrogen and oxygen atoms in total. The number of benzene rings is 2. The molecule has 2 aromatic carbocycles. The third-order valence-electron chi connectivity index (χ3n) is 10.4. The minimum Gasteiger partial charge on any atom is -0.404 e. The van der Waals surface area contributed by atoms with Gasteiger partial charge in [0, 0.05) is 68.9 Å². The highest BCUT2D eigenvalue weighted by Crippen LogP contribution is 2.55. The molecular weight excluding hydrogens is 550 g/mol. The number of likely N-dealkylation sites (tertiary alicyclic amines) is 2. The largest absolute Gasteiger partial charge is 0.404 e. The van der Waals surface area contributed by atoms with Crippen molar-refractivity contribution in [3.8, 4) is 0 Å². The predicted octanol–water partition coefficient (Wildman–Crippen LogP) is 5.37. The maximum absolute atomic E-state index is 13.7. The Hall–Kier alpha value is -3.94. The molecule has 0 radical (unpaired) electrons. The molecule has 2 aromatic rings. The molecule has 3 N–H and O–H groups in total. The fourth-order valence-corrected chi connectivity index (χ4v) is 7.47. The first kappa shape index (κ1) is 30.1. The number of aliphatic imine (C=N–C) groups is 1. The minimum absolute atomic E-state index is 0. The molecule has 234 valence electrons. The second-order valence-corrected chi connectivity index (χ2v) is 14.1. The molecule has 3 amide bonds. The van der Waals surface area contributed by atoms with E-state index in [-0.39, 0.29) is 47.7 Å². The van der Waals surface area contributed by atoms with Crippen LogP contribution < -0.4 is 11.1 Å². The summed E-state index contributed by atoms with van der Waals surface area (Å²) in [4.78, 5) is 48.1. The molecule has 2 saturated heterocycles. The molecule has 2 aliphatic heterocycles. The van der Waals surface area contributed by atoms with Gasteiger partial charge in [-0.15, -0.1) is 0 Å². The van der Waals surface area contributed by atoms with Gasteiger partial charge in [0.1, 0.15) is 0 Å². The van der Waals surface area contributed by atoms with Gasteiger partial charge in [0.15, 0.2) is 0 Å². The van der Waals surface area contributed by atoms with Gasteiger partial charge >= 0.3 is 0 Å². The zero-order valence-corrected chi connectivity index (χ0v) is 26.0. The van der Waals surface area contributed by atoms with Gasteiger partial charge in [0.05, 0.1) is 12.1 Å². The average molecular weight is 598 g/mol. The van der Waals surface area contributed by atoms with Gasteiger partial charge < -0.3 is 20.9 Å². The van der Waals surface area contributed by atoms with Gasteiger partial charge in [-0.2, -0.15) is 0 Å². The summed E-state index contributed by atoms with van der Waals surface area (Å²) in [5.74, 6) is 0.453. The van der Waals surface area contributed by atoms with E-state index >= 15 is 0 Å². The van der Waals surface area contributed by atoms with E-state index in [0.717, 1.165) is 48.9 Å². The number of hydrogen-bond donors (Lipinski definition) is 2. The quantitative estimate of drug-likeness (QED) is 0.315. The number of amides is 3. The highest BCUT2D eigenvalue weighted by atomic mass is 16.2. The molecule has 2 aliphatic carbocycles. The topological polar surface area (TPSA) is 108 Å². The molecule has 1 spiro atoms. The lowest BCUT2D eigenvalue weighted by Gasteiger charge is -2.51. The SMILES string of the molecule is CC1(C)C[C@@H]1C(=O)N1CC2(CN(C(=O)/C(C=NCc3ccccc3)=C/N)CC2c2ccc(NC(=O)C3CCCCC3)cc2)C1.[HH]. The van der Waals surface area contributed by atoms with Gasteiger partial charge in [-0.05, 0) is 47.9 Å². The van der Waals surface area contributed by atoms with Crippen molar-refractivity contribution < 1.29 is 15.8 Å². The minimum atomic E-state index is -0.224. The highest BCUT2D eigenvalue weighted by molar-refractivity contribution is 6.12. The van der Waals surface area contributed by atoms with Gasteiger partial charge in [0.2, 0.25) is 11.8 Å². The number of carbonyl (C=O) groups excluding carboxylic acids is 3. The Bertz CT molecular complexity index is 1440. The third-order valence-corrected chi connectivity index (χ3v) is 10.4. The van der Waals surface area contributed by atoms with E-state index in [2.05, 4.69) is 36.3 Å². The summed E-state index contributed by atoms with van der Waals surface area (Å²) < 4.78 is 0. The highest BCUT2D eigenvalue weighted by Gasteiger charge is 2.60. The summed E-state index contributed by atoms with van der Waals surface area (Å²) in [6.07, 6.45) is 9.22. The Morgan fingerprint density at radius 1 is 0.977 bits per heavy atom. The van der Waals surface area contributed by atoms with E-state index in [1.54, 1.807) is 6.21 Å². The number of carbonyl (C=O) groups is 3. The summed E-state index contributed by atoms with van der Waals surface area (Å²) in [5, 5.41) is 3.12. The molecule has 2 heterocycles. The molecule has 0 bridgehead atoms. The van der Waals surface area contributed by atoms with E-state index in [1.165, 1.54) is 12.6 Å². The van der Waals surface area contributed by atoms with Crippen LogP contribution in [0, 0.1) is 22.7 Å². The van der Waals surface area contributed by atoms with E-state index < -0.39 is 0 Å². The van der Waals surface area contributed by atoms with Crippen molar-refractivity contribution in [2.24, 2.45) is 33.4 Å². The predicted molar refractivity (Wildman–Crippen MR) is 175 cm³/mol. The van der Waals surface area contributed by atoms with Crippen LogP contribution in [0.4, 0.5) is 5.69 Å². The maximum atomic E-state index is 13.7. The first-order valence-electron chi connectivity index (χ1n) is 16.1. The molecule has 0 aromatic heterocycles. The van der Waals surface area contributed by atoms with Gasteiger partial charge in [-0.3, -0.25) is 19.4 Å². The molecule has 4 fully saturated rings. The fourth-order valence-electron chi connectivity index (χ4n) is 7.47. The Labute approximate surface area is 262 Å². The molecule has 1 unspecified atom stereocenters. The van der Waals surface area contributed by atoms with Crippen molar-refractivity contribution in [2.45, 2.75) is 64.8 Å². The van der Waals surface area contributed by atoms with Crippen molar-refractivity contribution in [1.82, 2.24) is 9.80 Å². The van der Waals surface area contributed by atoms with Crippen LogP contribution in [0.5, 0.6) is 0 Å². The molecule has 6 rings (SSSR count). The second-order valence-electron chi connectivity index (χ2n) is 14.1. The summed E-state index contributed by atoms with van der Waals surface area (Å²) in [6.45, 7) is 7.13. The fraction of sp³-hybridized carbons (Fsp3) is 0.500. The van der Waals surface area contributed by atoms with Crippen molar-refractivity contribution in [3.05, 3.63) is 77.5 Å². The molecule has 2 saturated carbocycles. The van der Waals surface area contributed by atoms with Crippen LogP contribution in [0.3, 0.4) is 0 Å². The van der Waals surface area contributed by atoms with Crippen molar-refractivity contribution in [3.63, 3.8) is 0 Å². The van der Waals surface area contributed by atoms with E-state index in [4.69, 9.17) is 5.73 Å². The normalized spacial score (nSPS) is 24.4. The zero-order valence-electron chi connectivity index (χ0n) is 26.0. The number of hydrogen-bond acceptors (Lipinski definition) is 5.